The second-order valence-electron chi connectivity index (χ2n) is 3.76. The van der Waals surface area contributed by atoms with E-state index >= 15 is 0 Å². The SMILES string of the molecule is O=C(O)C1(O)CC2C=CC1CC2. The fraction of sp³-hybridized carbons (Fsp3) is 0.667. The van der Waals surface area contributed by atoms with Crippen molar-refractivity contribution in [1.82, 2.24) is 0 Å². The van der Waals surface area contributed by atoms with Gasteiger partial charge in [0, 0.05) is 5.92 Å². The first-order valence-electron chi connectivity index (χ1n) is 4.27. The lowest BCUT2D eigenvalue weighted by atomic mass is 9.66. The number of hydrogen-bond acceptors (Lipinski definition) is 2. The van der Waals surface area contributed by atoms with Gasteiger partial charge in [-0.05, 0) is 25.2 Å². The summed E-state index contributed by atoms with van der Waals surface area (Å²) >= 11 is 0. The Morgan fingerprint density at radius 3 is 2.42 bits per heavy atom. The molecule has 0 saturated heterocycles. The van der Waals surface area contributed by atoms with Crippen LogP contribution in [-0.4, -0.2) is 21.8 Å². The van der Waals surface area contributed by atoms with Crippen molar-refractivity contribution in [2.75, 3.05) is 0 Å². The van der Waals surface area contributed by atoms with E-state index in [2.05, 4.69) is 0 Å². The summed E-state index contributed by atoms with van der Waals surface area (Å²) in [5.74, 6) is -0.961. The minimum absolute atomic E-state index is 0.167. The van der Waals surface area contributed by atoms with Gasteiger partial charge in [-0.3, -0.25) is 0 Å². The Balaban J connectivity index is 2.31. The lowest BCUT2D eigenvalue weighted by molar-refractivity contribution is -0.169. The molecule has 3 unspecified atom stereocenters. The van der Waals surface area contributed by atoms with E-state index in [1.807, 2.05) is 12.2 Å². The highest BCUT2D eigenvalue weighted by atomic mass is 16.4. The highest BCUT2D eigenvalue weighted by molar-refractivity contribution is 5.78. The molecule has 3 atom stereocenters. The van der Waals surface area contributed by atoms with Crippen LogP contribution in [-0.2, 0) is 4.79 Å². The van der Waals surface area contributed by atoms with Gasteiger partial charge in [0.25, 0.3) is 0 Å². The quantitative estimate of drug-likeness (QED) is 0.569. The van der Waals surface area contributed by atoms with E-state index in [0.29, 0.717) is 6.42 Å². The van der Waals surface area contributed by atoms with Gasteiger partial charge in [-0.2, -0.15) is 0 Å². The van der Waals surface area contributed by atoms with Crippen molar-refractivity contribution < 1.29 is 15.0 Å². The second-order valence-corrected chi connectivity index (χ2v) is 3.76. The third-order valence-corrected chi connectivity index (χ3v) is 3.02. The molecule has 2 bridgehead atoms. The first kappa shape index (κ1) is 7.80. The number of carboxylic acids is 1. The van der Waals surface area contributed by atoms with Crippen molar-refractivity contribution in [2.45, 2.75) is 24.9 Å². The number of hydrogen-bond donors (Lipinski definition) is 2. The zero-order valence-corrected chi connectivity index (χ0v) is 6.73. The zero-order valence-electron chi connectivity index (χ0n) is 6.73. The predicted octanol–water partition coefficient (Wildman–Crippen LogP) is 0.788. The van der Waals surface area contributed by atoms with E-state index in [4.69, 9.17) is 5.11 Å². The third kappa shape index (κ3) is 0.894. The van der Waals surface area contributed by atoms with E-state index in [9.17, 15) is 9.90 Å². The second kappa shape index (κ2) is 2.33. The monoisotopic (exact) mass is 168 g/mol. The molecule has 0 aliphatic heterocycles. The third-order valence-electron chi connectivity index (χ3n) is 3.02. The Bertz CT molecular complexity index is 246. The van der Waals surface area contributed by atoms with Gasteiger partial charge >= 0.3 is 5.97 Å². The first-order valence-corrected chi connectivity index (χ1v) is 4.27. The molecule has 0 spiro atoms. The topological polar surface area (TPSA) is 57.5 Å². The molecule has 0 heterocycles. The Hall–Kier alpha value is -0.830. The van der Waals surface area contributed by atoms with Crippen LogP contribution in [0.4, 0.5) is 0 Å². The van der Waals surface area contributed by atoms with Gasteiger partial charge in [0.2, 0.25) is 0 Å². The normalized spacial score (nSPS) is 44.8. The van der Waals surface area contributed by atoms with Gasteiger partial charge < -0.3 is 10.2 Å². The fourth-order valence-electron chi connectivity index (χ4n) is 2.24. The smallest absolute Gasteiger partial charge is 0.336 e. The lowest BCUT2D eigenvalue weighted by Crippen LogP contribution is -2.51. The predicted molar refractivity (Wildman–Crippen MR) is 42.6 cm³/mol. The molecule has 3 rings (SSSR count). The average molecular weight is 168 g/mol. The van der Waals surface area contributed by atoms with Crippen molar-refractivity contribution in [3.63, 3.8) is 0 Å². The lowest BCUT2D eigenvalue weighted by Gasteiger charge is -2.41. The summed E-state index contributed by atoms with van der Waals surface area (Å²) in [5, 5.41) is 18.6. The van der Waals surface area contributed by atoms with Crippen LogP contribution in [0.1, 0.15) is 19.3 Å². The number of allylic oxidation sites excluding steroid dienone is 1. The molecule has 0 aromatic carbocycles. The molecule has 12 heavy (non-hydrogen) atoms. The van der Waals surface area contributed by atoms with Crippen LogP contribution >= 0.6 is 0 Å². The van der Waals surface area contributed by atoms with E-state index in [1.54, 1.807) is 0 Å². The minimum atomic E-state index is -1.47. The molecular formula is C9H12O3. The molecule has 3 heteroatoms. The zero-order chi connectivity index (χ0) is 8.77. The van der Waals surface area contributed by atoms with Crippen molar-refractivity contribution in [3.8, 4) is 0 Å². The maximum Gasteiger partial charge on any atom is 0.336 e. The van der Waals surface area contributed by atoms with Crippen LogP contribution in [0, 0.1) is 11.8 Å². The molecule has 0 aromatic rings. The fourth-order valence-corrected chi connectivity index (χ4v) is 2.24. The minimum Gasteiger partial charge on any atom is -0.479 e. The molecule has 3 nitrogen and oxygen atoms in total. The van der Waals surface area contributed by atoms with E-state index in [0.717, 1.165) is 12.8 Å². The highest BCUT2D eigenvalue weighted by Crippen LogP contribution is 2.43. The Morgan fingerprint density at radius 2 is 2.17 bits per heavy atom. The summed E-state index contributed by atoms with van der Waals surface area (Å²) in [6.07, 6.45) is 6.11. The number of carboxylic acid groups (broad SMARTS) is 1. The molecule has 1 saturated carbocycles. The molecule has 3 aliphatic rings. The summed E-state index contributed by atoms with van der Waals surface area (Å²) in [4.78, 5) is 10.8. The van der Waals surface area contributed by atoms with Crippen molar-refractivity contribution in [1.29, 1.82) is 0 Å². The number of fused-ring (bicyclic) bond motifs is 2. The van der Waals surface area contributed by atoms with Gasteiger partial charge in [0.05, 0.1) is 0 Å². The summed E-state index contributed by atoms with van der Waals surface area (Å²) in [6, 6.07) is 0. The molecule has 1 fully saturated rings. The first-order chi connectivity index (χ1) is 5.63. The summed E-state index contributed by atoms with van der Waals surface area (Å²) in [5.41, 5.74) is -1.47. The van der Waals surface area contributed by atoms with E-state index < -0.39 is 11.6 Å². The molecule has 0 radical (unpaired) electrons. The van der Waals surface area contributed by atoms with E-state index in [1.165, 1.54) is 0 Å². The van der Waals surface area contributed by atoms with Crippen molar-refractivity contribution in [2.24, 2.45) is 11.8 Å². The molecule has 0 aromatic heterocycles. The largest absolute Gasteiger partial charge is 0.479 e. The Morgan fingerprint density at radius 1 is 1.42 bits per heavy atom. The summed E-state index contributed by atoms with van der Waals surface area (Å²) in [7, 11) is 0. The van der Waals surface area contributed by atoms with Crippen LogP contribution in [0.3, 0.4) is 0 Å². The average Bonchev–Trinajstić information content (AvgIpc) is 2.05. The highest BCUT2D eigenvalue weighted by Gasteiger charge is 2.49. The van der Waals surface area contributed by atoms with Crippen LogP contribution < -0.4 is 0 Å². The van der Waals surface area contributed by atoms with Crippen LogP contribution in [0.2, 0.25) is 0 Å². The maximum absolute atomic E-state index is 10.8. The molecule has 66 valence electrons. The van der Waals surface area contributed by atoms with E-state index in [-0.39, 0.29) is 11.8 Å². The van der Waals surface area contributed by atoms with Gasteiger partial charge in [-0.25, -0.2) is 4.79 Å². The number of carbonyl (C=O) groups is 1. The molecular weight excluding hydrogens is 156 g/mol. The summed E-state index contributed by atoms with van der Waals surface area (Å²) < 4.78 is 0. The number of aliphatic hydroxyl groups is 1. The number of rotatable bonds is 1. The number of aliphatic carboxylic acids is 1. The Kier molecular flexibility index (Phi) is 1.51. The van der Waals surface area contributed by atoms with Gasteiger partial charge in [0.15, 0.2) is 5.60 Å². The van der Waals surface area contributed by atoms with Gasteiger partial charge in [-0.1, -0.05) is 12.2 Å². The summed E-state index contributed by atoms with van der Waals surface area (Å²) in [6.45, 7) is 0. The molecule has 3 aliphatic carbocycles. The molecule has 2 N–H and O–H groups in total. The van der Waals surface area contributed by atoms with Crippen LogP contribution in [0.15, 0.2) is 12.2 Å². The van der Waals surface area contributed by atoms with Crippen molar-refractivity contribution in [3.05, 3.63) is 12.2 Å². The van der Waals surface area contributed by atoms with Gasteiger partial charge in [0.1, 0.15) is 0 Å². The van der Waals surface area contributed by atoms with Crippen LogP contribution in [0.25, 0.3) is 0 Å². The van der Waals surface area contributed by atoms with Crippen molar-refractivity contribution >= 4 is 5.97 Å². The van der Waals surface area contributed by atoms with Crippen LogP contribution in [0.5, 0.6) is 0 Å². The Labute approximate surface area is 70.7 Å². The van der Waals surface area contributed by atoms with Gasteiger partial charge in [-0.15, -0.1) is 0 Å². The molecule has 0 amide bonds. The standard InChI is InChI=1S/C9H12O3/c10-8(11)9(12)5-6-1-3-7(9)4-2-6/h1,3,6-7,12H,2,4-5H2,(H,10,11). The maximum atomic E-state index is 10.8.